The van der Waals surface area contributed by atoms with Gasteiger partial charge in [0.25, 0.3) is 0 Å². The lowest BCUT2D eigenvalue weighted by molar-refractivity contribution is 0.474. The standard InChI is InChI=1S/C17H19ClN2O/c1-3-20(4-2)14-10-8-13(9-11-14)19-12-15-16(18)6-5-7-17(15)21/h5-12,21H,3-4H2,1-2H3. The number of halogens is 1. The van der Waals surface area contributed by atoms with Crippen molar-refractivity contribution in [1.29, 1.82) is 0 Å². The molecule has 0 aliphatic carbocycles. The van der Waals surface area contributed by atoms with Crippen molar-refractivity contribution >= 4 is 29.2 Å². The Hall–Kier alpha value is -2.00. The van der Waals surface area contributed by atoms with Gasteiger partial charge >= 0.3 is 0 Å². The van der Waals surface area contributed by atoms with E-state index in [1.807, 2.05) is 24.3 Å². The average Bonchev–Trinajstić information content (AvgIpc) is 2.49. The minimum absolute atomic E-state index is 0.131. The van der Waals surface area contributed by atoms with E-state index < -0.39 is 0 Å². The fourth-order valence-corrected chi connectivity index (χ4v) is 2.35. The van der Waals surface area contributed by atoms with Gasteiger partial charge in [0.15, 0.2) is 0 Å². The predicted molar refractivity (Wildman–Crippen MR) is 90.4 cm³/mol. The van der Waals surface area contributed by atoms with Gasteiger partial charge in [-0.1, -0.05) is 17.7 Å². The summed E-state index contributed by atoms with van der Waals surface area (Å²) in [7, 11) is 0. The maximum atomic E-state index is 9.77. The van der Waals surface area contributed by atoms with Crippen LogP contribution in [0.3, 0.4) is 0 Å². The zero-order valence-corrected chi connectivity index (χ0v) is 13.0. The first-order valence-corrected chi connectivity index (χ1v) is 7.40. The van der Waals surface area contributed by atoms with E-state index in [2.05, 4.69) is 23.7 Å². The van der Waals surface area contributed by atoms with Crippen molar-refractivity contribution in [3.8, 4) is 5.75 Å². The third-order valence-corrected chi connectivity index (χ3v) is 3.68. The highest BCUT2D eigenvalue weighted by Gasteiger charge is 2.03. The summed E-state index contributed by atoms with van der Waals surface area (Å²) in [5.74, 6) is 0.131. The Morgan fingerprint density at radius 2 is 1.76 bits per heavy atom. The van der Waals surface area contributed by atoms with Crippen molar-refractivity contribution < 1.29 is 5.11 Å². The molecule has 0 unspecified atom stereocenters. The molecular formula is C17H19ClN2O. The smallest absolute Gasteiger partial charge is 0.125 e. The highest BCUT2D eigenvalue weighted by Crippen LogP contribution is 2.25. The molecule has 4 heteroatoms. The van der Waals surface area contributed by atoms with E-state index >= 15 is 0 Å². The van der Waals surface area contributed by atoms with E-state index in [1.54, 1.807) is 24.4 Å². The zero-order chi connectivity index (χ0) is 15.2. The Bertz CT molecular complexity index is 599. The topological polar surface area (TPSA) is 35.8 Å². The lowest BCUT2D eigenvalue weighted by atomic mass is 10.2. The summed E-state index contributed by atoms with van der Waals surface area (Å²) in [6.45, 7) is 6.23. The van der Waals surface area contributed by atoms with Crippen LogP contribution in [-0.2, 0) is 0 Å². The Morgan fingerprint density at radius 3 is 2.33 bits per heavy atom. The number of hydrogen-bond acceptors (Lipinski definition) is 3. The molecule has 0 radical (unpaired) electrons. The molecule has 0 heterocycles. The molecule has 2 aromatic carbocycles. The van der Waals surface area contributed by atoms with Gasteiger partial charge in [-0.15, -0.1) is 0 Å². The first-order valence-electron chi connectivity index (χ1n) is 7.02. The van der Waals surface area contributed by atoms with Crippen LogP contribution in [0.4, 0.5) is 11.4 Å². The van der Waals surface area contributed by atoms with Gasteiger partial charge in [-0.25, -0.2) is 0 Å². The van der Waals surface area contributed by atoms with Crippen molar-refractivity contribution in [1.82, 2.24) is 0 Å². The molecule has 21 heavy (non-hydrogen) atoms. The van der Waals surface area contributed by atoms with Crippen LogP contribution in [0.1, 0.15) is 19.4 Å². The van der Waals surface area contributed by atoms with E-state index in [-0.39, 0.29) is 5.75 Å². The quantitative estimate of drug-likeness (QED) is 0.817. The maximum Gasteiger partial charge on any atom is 0.125 e. The normalized spacial score (nSPS) is 11.0. The molecule has 0 aliphatic rings. The Labute approximate surface area is 130 Å². The Kier molecular flexibility index (Phi) is 5.23. The number of nitrogens with zero attached hydrogens (tertiary/aromatic N) is 2. The van der Waals surface area contributed by atoms with Crippen LogP contribution in [-0.4, -0.2) is 24.4 Å². The van der Waals surface area contributed by atoms with Crippen LogP contribution in [0.5, 0.6) is 5.75 Å². The zero-order valence-electron chi connectivity index (χ0n) is 12.3. The van der Waals surface area contributed by atoms with Gasteiger partial charge in [0.1, 0.15) is 5.75 Å². The molecule has 3 nitrogen and oxygen atoms in total. The molecule has 0 atom stereocenters. The molecule has 0 aliphatic heterocycles. The van der Waals surface area contributed by atoms with Gasteiger partial charge in [0.05, 0.1) is 16.3 Å². The first kappa shape index (κ1) is 15.4. The highest BCUT2D eigenvalue weighted by molar-refractivity contribution is 6.33. The average molecular weight is 303 g/mol. The summed E-state index contributed by atoms with van der Waals surface area (Å²) < 4.78 is 0. The highest BCUT2D eigenvalue weighted by atomic mass is 35.5. The summed E-state index contributed by atoms with van der Waals surface area (Å²) in [4.78, 5) is 6.63. The number of hydrogen-bond donors (Lipinski definition) is 1. The number of phenols is 1. The van der Waals surface area contributed by atoms with Gasteiger partial charge in [0, 0.05) is 25.0 Å². The van der Waals surface area contributed by atoms with Crippen molar-refractivity contribution in [2.24, 2.45) is 4.99 Å². The molecule has 1 N–H and O–H groups in total. The van der Waals surface area contributed by atoms with Crippen molar-refractivity contribution in [3.63, 3.8) is 0 Å². The number of benzene rings is 2. The molecule has 0 saturated carbocycles. The molecule has 0 amide bonds. The van der Waals surface area contributed by atoms with Crippen LogP contribution in [0, 0.1) is 0 Å². The number of phenolic OH excluding ortho intramolecular Hbond substituents is 1. The molecule has 110 valence electrons. The molecule has 0 saturated heterocycles. The third-order valence-electron chi connectivity index (χ3n) is 3.35. The van der Waals surface area contributed by atoms with Gasteiger partial charge < -0.3 is 10.0 Å². The summed E-state index contributed by atoms with van der Waals surface area (Å²) >= 11 is 6.04. The van der Waals surface area contributed by atoms with Gasteiger partial charge in [-0.3, -0.25) is 4.99 Å². The second-order valence-electron chi connectivity index (χ2n) is 4.62. The minimum atomic E-state index is 0.131. The van der Waals surface area contributed by atoms with E-state index in [1.165, 1.54) is 5.69 Å². The molecule has 0 aromatic heterocycles. The molecule has 0 spiro atoms. The van der Waals surface area contributed by atoms with Crippen LogP contribution in [0.25, 0.3) is 0 Å². The molecule has 0 bridgehead atoms. The minimum Gasteiger partial charge on any atom is -0.507 e. The first-order chi connectivity index (χ1) is 10.2. The summed E-state index contributed by atoms with van der Waals surface area (Å²) in [5, 5.41) is 10.3. The molecule has 0 fully saturated rings. The summed E-state index contributed by atoms with van der Waals surface area (Å²) in [6, 6.07) is 13.0. The van der Waals surface area contributed by atoms with Crippen LogP contribution in [0.15, 0.2) is 47.5 Å². The second-order valence-corrected chi connectivity index (χ2v) is 5.03. The van der Waals surface area contributed by atoms with Gasteiger partial charge in [0.2, 0.25) is 0 Å². The maximum absolute atomic E-state index is 9.77. The van der Waals surface area contributed by atoms with Crippen LogP contribution < -0.4 is 4.90 Å². The number of aliphatic imine (C=N–C) groups is 1. The number of aromatic hydroxyl groups is 1. The van der Waals surface area contributed by atoms with Crippen LogP contribution in [0.2, 0.25) is 5.02 Å². The molecular weight excluding hydrogens is 284 g/mol. The summed E-state index contributed by atoms with van der Waals surface area (Å²) in [6.07, 6.45) is 1.59. The SMILES string of the molecule is CCN(CC)c1ccc(N=Cc2c(O)cccc2Cl)cc1. The summed E-state index contributed by atoms with van der Waals surface area (Å²) in [5.41, 5.74) is 2.54. The Morgan fingerprint density at radius 1 is 1.10 bits per heavy atom. The van der Waals surface area contributed by atoms with Crippen LogP contribution >= 0.6 is 11.6 Å². The predicted octanol–water partition coefficient (Wildman–Crippen LogP) is 4.64. The van der Waals surface area contributed by atoms with E-state index in [4.69, 9.17) is 11.6 Å². The monoisotopic (exact) mass is 302 g/mol. The van der Waals surface area contributed by atoms with E-state index in [0.717, 1.165) is 18.8 Å². The Balaban J connectivity index is 2.19. The van der Waals surface area contributed by atoms with E-state index in [0.29, 0.717) is 10.6 Å². The fraction of sp³-hybridized carbons (Fsp3) is 0.235. The van der Waals surface area contributed by atoms with Crippen molar-refractivity contribution in [2.75, 3.05) is 18.0 Å². The number of anilines is 1. The largest absolute Gasteiger partial charge is 0.507 e. The van der Waals surface area contributed by atoms with Gasteiger partial charge in [-0.2, -0.15) is 0 Å². The van der Waals surface area contributed by atoms with Crippen molar-refractivity contribution in [2.45, 2.75) is 13.8 Å². The molecule has 2 rings (SSSR count). The fourth-order valence-electron chi connectivity index (χ4n) is 2.13. The lowest BCUT2D eigenvalue weighted by Gasteiger charge is -2.20. The van der Waals surface area contributed by atoms with Crippen molar-refractivity contribution in [3.05, 3.63) is 53.1 Å². The third kappa shape index (κ3) is 3.76. The van der Waals surface area contributed by atoms with Gasteiger partial charge in [-0.05, 0) is 50.2 Å². The molecule has 2 aromatic rings. The number of rotatable bonds is 5. The van der Waals surface area contributed by atoms with E-state index in [9.17, 15) is 5.11 Å². The second kappa shape index (κ2) is 7.14. The lowest BCUT2D eigenvalue weighted by Crippen LogP contribution is -2.21.